The van der Waals surface area contributed by atoms with Crippen LogP contribution in [-0.2, 0) is 11.2 Å². The molecule has 90 valence electrons. The molecule has 1 fully saturated rings. The third-order valence-corrected chi connectivity index (χ3v) is 5.02. The smallest absolute Gasteiger partial charge is 0.0509 e. The molecule has 1 aromatic heterocycles. The summed E-state index contributed by atoms with van der Waals surface area (Å²) in [6.45, 7) is 1.73. The Hall–Kier alpha value is 0.0600. The number of hydrazine groups is 1. The molecule has 1 saturated heterocycles. The van der Waals surface area contributed by atoms with Gasteiger partial charge in [0.25, 0.3) is 0 Å². The zero-order chi connectivity index (χ0) is 11.4. The molecule has 2 unspecified atom stereocenters. The fraction of sp³-hybridized carbons (Fsp3) is 0.636. The minimum Gasteiger partial charge on any atom is -0.381 e. The van der Waals surface area contributed by atoms with Gasteiger partial charge in [0.2, 0.25) is 0 Å². The average molecular weight is 305 g/mol. The van der Waals surface area contributed by atoms with Gasteiger partial charge in [0, 0.05) is 22.0 Å². The van der Waals surface area contributed by atoms with Gasteiger partial charge in [-0.1, -0.05) is 0 Å². The highest BCUT2D eigenvalue weighted by molar-refractivity contribution is 9.10. The van der Waals surface area contributed by atoms with Crippen LogP contribution in [0.3, 0.4) is 0 Å². The minimum absolute atomic E-state index is 0.315. The summed E-state index contributed by atoms with van der Waals surface area (Å²) in [6, 6.07) is 2.40. The Balaban J connectivity index is 1.97. The molecule has 0 radical (unpaired) electrons. The zero-order valence-corrected chi connectivity index (χ0v) is 11.5. The van der Waals surface area contributed by atoms with E-state index in [0.717, 1.165) is 26.1 Å². The van der Waals surface area contributed by atoms with Gasteiger partial charge in [0.05, 0.1) is 6.61 Å². The van der Waals surface area contributed by atoms with Gasteiger partial charge >= 0.3 is 0 Å². The summed E-state index contributed by atoms with van der Waals surface area (Å²) in [5.41, 5.74) is 2.94. The maximum atomic E-state index is 5.65. The molecule has 0 amide bonds. The molecule has 0 aliphatic carbocycles. The fourth-order valence-corrected chi connectivity index (χ4v) is 3.69. The van der Waals surface area contributed by atoms with Crippen LogP contribution in [-0.4, -0.2) is 19.3 Å². The lowest BCUT2D eigenvalue weighted by Gasteiger charge is -2.29. The summed E-state index contributed by atoms with van der Waals surface area (Å²) in [4.78, 5) is 1.36. The number of hydrogen-bond acceptors (Lipinski definition) is 4. The fourth-order valence-electron chi connectivity index (χ4n) is 2.12. The first-order valence-corrected chi connectivity index (χ1v) is 7.24. The molecule has 0 bridgehead atoms. The summed E-state index contributed by atoms with van der Waals surface area (Å²) in [5.74, 6) is 6.19. The van der Waals surface area contributed by atoms with Crippen molar-refractivity contribution in [3.8, 4) is 0 Å². The van der Waals surface area contributed by atoms with E-state index in [1.165, 1.54) is 15.8 Å². The molecule has 1 aromatic rings. The van der Waals surface area contributed by atoms with Gasteiger partial charge in [0.15, 0.2) is 0 Å². The van der Waals surface area contributed by atoms with Gasteiger partial charge in [-0.25, -0.2) is 0 Å². The lowest BCUT2D eigenvalue weighted by molar-refractivity contribution is 0.0394. The van der Waals surface area contributed by atoms with Crippen molar-refractivity contribution in [1.29, 1.82) is 0 Å². The second kappa shape index (κ2) is 6.12. The molecule has 2 heterocycles. The van der Waals surface area contributed by atoms with Crippen LogP contribution in [0.2, 0.25) is 0 Å². The molecule has 2 rings (SSSR count). The molecule has 0 saturated carbocycles. The first-order valence-electron chi connectivity index (χ1n) is 5.57. The summed E-state index contributed by atoms with van der Waals surface area (Å²) in [7, 11) is 0. The molecular formula is C11H17BrN2OS. The highest BCUT2D eigenvalue weighted by atomic mass is 79.9. The van der Waals surface area contributed by atoms with Gasteiger partial charge in [-0.05, 0) is 52.6 Å². The van der Waals surface area contributed by atoms with Gasteiger partial charge in [-0.2, -0.15) is 0 Å². The van der Waals surface area contributed by atoms with Crippen molar-refractivity contribution >= 4 is 27.3 Å². The zero-order valence-electron chi connectivity index (χ0n) is 9.12. The number of hydrogen-bond donors (Lipinski definition) is 2. The van der Waals surface area contributed by atoms with E-state index >= 15 is 0 Å². The number of ether oxygens (including phenoxy) is 1. The van der Waals surface area contributed by atoms with E-state index in [0.29, 0.717) is 12.0 Å². The van der Waals surface area contributed by atoms with E-state index in [1.807, 2.05) is 0 Å². The van der Waals surface area contributed by atoms with E-state index in [-0.39, 0.29) is 0 Å². The van der Waals surface area contributed by atoms with Crippen molar-refractivity contribution in [3.05, 3.63) is 20.8 Å². The normalized spacial score (nSPS) is 23.2. The first-order chi connectivity index (χ1) is 7.81. The van der Waals surface area contributed by atoms with Crippen LogP contribution < -0.4 is 11.3 Å². The Morgan fingerprint density at radius 3 is 3.12 bits per heavy atom. The van der Waals surface area contributed by atoms with Crippen LogP contribution in [0.5, 0.6) is 0 Å². The first kappa shape index (κ1) is 12.5. The van der Waals surface area contributed by atoms with Crippen LogP contribution in [0, 0.1) is 5.92 Å². The number of rotatable bonds is 4. The van der Waals surface area contributed by atoms with Gasteiger partial charge in [-0.15, -0.1) is 11.3 Å². The minimum atomic E-state index is 0.315. The van der Waals surface area contributed by atoms with Gasteiger partial charge < -0.3 is 4.74 Å². The SMILES string of the molecule is NNC(Cc1sccc1Br)C1CCCOC1. The van der Waals surface area contributed by atoms with Crippen LogP contribution >= 0.6 is 27.3 Å². The molecule has 1 aliphatic heterocycles. The summed E-state index contributed by atoms with van der Waals surface area (Å²) in [5, 5.41) is 2.10. The Kier molecular flexibility index (Phi) is 4.79. The second-order valence-electron chi connectivity index (χ2n) is 4.15. The molecule has 2 atom stereocenters. The van der Waals surface area contributed by atoms with Crippen molar-refractivity contribution in [2.75, 3.05) is 13.2 Å². The van der Waals surface area contributed by atoms with E-state index in [4.69, 9.17) is 10.6 Å². The Morgan fingerprint density at radius 1 is 1.69 bits per heavy atom. The van der Waals surface area contributed by atoms with Crippen LogP contribution in [0.4, 0.5) is 0 Å². The number of nitrogens with one attached hydrogen (secondary N) is 1. The Morgan fingerprint density at radius 2 is 2.56 bits per heavy atom. The van der Waals surface area contributed by atoms with Crippen molar-refractivity contribution < 1.29 is 4.74 Å². The maximum absolute atomic E-state index is 5.65. The Bertz CT molecular complexity index is 326. The van der Waals surface area contributed by atoms with Crippen molar-refractivity contribution in [1.82, 2.24) is 5.43 Å². The van der Waals surface area contributed by atoms with Crippen molar-refractivity contribution in [3.63, 3.8) is 0 Å². The topological polar surface area (TPSA) is 47.3 Å². The molecule has 0 aromatic carbocycles. The highest BCUT2D eigenvalue weighted by Crippen LogP contribution is 2.27. The standard InChI is InChI=1S/C11H17BrN2OS/c12-9-3-5-16-11(9)6-10(14-13)8-2-1-4-15-7-8/h3,5,8,10,14H,1-2,4,6-7,13H2. The number of thiophene rings is 1. The molecule has 1 aliphatic rings. The molecule has 3 N–H and O–H groups in total. The van der Waals surface area contributed by atoms with E-state index < -0.39 is 0 Å². The van der Waals surface area contributed by atoms with Crippen molar-refractivity contribution in [2.24, 2.45) is 11.8 Å². The highest BCUT2D eigenvalue weighted by Gasteiger charge is 2.24. The van der Waals surface area contributed by atoms with Crippen LogP contribution in [0.15, 0.2) is 15.9 Å². The van der Waals surface area contributed by atoms with Crippen LogP contribution in [0.1, 0.15) is 17.7 Å². The number of halogens is 1. The largest absolute Gasteiger partial charge is 0.381 e. The maximum Gasteiger partial charge on any atom is 0.0509 e. The Labute approximate surface area is 108 Å². The van der Waals surface area contributed by atoms with Crippen molar-refractivity contribution in [2.45, 2.75) is 25.3 Å². The van der Waals surface area contributed by atoms with E-state index in [9.17, 15) is 0 Å². The second-order valence-corrected chi connectivity index (χ2v) is 6.00. The monoisotopic (exact) mass is 304 g/mol. The molecule has 0 spiro atoms. The third-order valence-electron chi connectivity index (χ3n) is 3.07. The summed E-state index contributed by atoms with van der Waals surface area (Å²) in [6.07, 6.45) is 3.33. The van der Waals surface area contributed by atoms with E-state index in [2.05, 4.69) is 32.8 Å². The lowest BCUT2D eigenvalue weighted by atomic mass is 9.91. The molecule has 3 nitrogen and oxygen atoms in total. The predicted octanol–water partition coefficient (Wildman–Crippen LogP) is 2.31. The number of nitrogens with two attached hydrogens (primary N) is 1. The average Bonchev–Trinajstić information content (AvgIpc) is 2.73. The quantitative estimate of drug-likeness (QED) is 0.663. The summed E-state index contributed by atoms with van der Waals surface area (Å²) < 4.78 is 6.70. The summed E-state index contributed by atoms with van der Waals surface area (Å²) >= 11 is 5.33. The lowest BCUT2D eigenvalue weighted by Crippen LogP contribution is -2.45. The van der Waals surface area contributed by atoms with Gasteiger partial charge in [0.1, 0.15) is 0 Å². The molecular weight excluding hydrogens is 288 g/mol. The van der Waals surface area contributed by atoms with Gasteiger partial charge in [-0.3, -0.25) is 11.3 Å². The molecule has 5 heteroatoms. The van der Waals surface area contributed by atoms with E-state index in [1.54, 1.807) is 11.3 Å². The van der Waals surface area contributed by atoms with Crippen LogP contribution in [0.25, 0.3) is 0 Å². The molecule has 16 heavy (non-hydrogen) atoms. The third kappa shape index (κ3) is 3.05. The predicted molar refractivity (Wildman–Crippen MR) is 70.4 cm³/mol.